The van der Waals surface area contributed by atoms with Crippen LogP contribution in [0.5, 0.6) is 0 Å². The lowest BCUT2D eigenvalue weighted by molar-refractivity contribution is -0.0278. The van der Waals surface area contributed by atoms with Gasteiger partial charge < -0.3 is 15.0 Å². The Morgan fingerprint density at radius 2 is 2.05 bits per heavy atom. The smallest absolute Gasteiger partial charge is 0.110 e. The summed E-state index contributed by atoms with van der Waals surface area (Å²) in [6.45, 7) is 12.4. The van der Waals surface area contributed by atoms with E-state index in [-0.39, 0.29) is 17.6 Å². The van der Waals surface area contributed by atoms with E-state index in [4.69, 9.17) is 10.5 Å². The minimum atomic E-state index is -0.0297. The van der Waals surface area contributed by atoms with E-state index in [0.29, 0.717) is 6.61 Å². The number of aryl methyl sites for hydroxylation is 1. The number of rotatable bonds is 7. The van der Waals surface area contributed by atoms with Gasteiger partial charge in [0.1, 0.15) is 5.82 Å². The quantitative estimate of drug-likeness (QED) is 0.826. The molecule has 2 unspecified atom stereocenters. The summed E-state index contributed by atoms with van der Waals surface area (Å²) in [5.74, 6) is 1.06. The average molecular weight is 267 g/mol. The second kappa shape index (κ2) is 7.06. The van der Waals surface area contributed by atoms with Gasteiger partial charge >= 0.3 is 0 Å². The summed E-state index contributed by atoms with van der Waals surface area (Å²) in [7, 11) is 0. The third kappa shape index (κ3) is 4.62. The van der Waals surface area contributed by atoms with Crippen molar-refractivity contribution < 1.29 is 4.74 Å². The van der Waals surface area contributed by atoms with Crippen molar-refractivity contribution in [1.29, 1.82) is 0 Å². The van der Waals surface area contributed by atoms with E-state index in [1.807, 2.05) is 19.3 Å². The Balaban J connectivity index is 2.75. The first-order chi connectivity index (χ1) is 8.90. The van der Waals surface area contributed by atoms with Crippen LogP contribution < -0.4 is 5.73 Å². The molecule has 19 heavy (non-hydrogen) atoms. The van der Waals surface area contributed by atoms with Gasteiger partial charge in [0.05, 0.1) is 6.10 Å². The van der Waals surface area contributed by atoms with Crippen LogP contribution in [0.15, 0.2) is 12.4 Å². The van der Waals surface area contributed by atoms with Crippen LogP contribution in [0, 0.1) is 5.41 Å². The SMILES string of the molecule is CCCn1ccnc1CC(N)C(OCC)C(C)(C)C. The number of hydrogen-bond acceptors (Lipinski definition) is 3. The van der Waals surface area contributed by atoms with Crippen LogP contribution in [0.25, 0.3) is 0 Å². The summed E-state index contributed by atoms with van der Waals surface area (Å²) >= 11 is 0. The molecule has 0 spiro atoms. The summed E-state index contributed by atoms with van der Waals surface area (Å²) in [4.78, 5) is 4.43. The predicted octanol–water partition coefficient (Wildman–Crippen LogP) is 2.61. The van der Waals surface area contributed by atoms with Gasteiger partial charge in [-0.1, -0.05) is 27.7 Å². The number of aromatic nitrogens is 2. The lowest BCUT2D eigenvalue weighted by Crippen LogP contribution is -2.47. The van der Waals surface area contributed by atoms with Crippen molar-refractivity contribution >= 4 is 0 Å². The zero-order chi connectivity index (χ0) is 14.5. The normalized spacial score (nSPS) is 15.5. The molecule has 0 aliphatic heterocycles. The Morgan fingerprint density at radius 3 is 2.58 bits per heavy atom. The third-order valence-corrected chi connectivity index (χ3v) is 3.27. The van der Waals surface area contributed by atoms with Crippen LogP contribution in [0.3, 0.4) is 0 Å². The van der Waals surface area contributed by atoms with E-state index >= 15 is 0 Å². The second-order valence-corrected chi connectivity index (χ2v) is 6.15. The second-order valence-electron chi connectivity index (χ2n) is 6.15. The van der Waals surface area contributed by atoms with Gasteiger partial charge in [-0.2, -0.15) is 0 Å². The highest BCUT2D eigenvalue weighted by Crippen LogP contribution is 2.25. The topological polar surface area (TPSA) is 53.1 Å². The van der Waals surface area contributed by atoms with Crippen LogP contribution in [0.4, 0.5) is 0 Å². The Hall–Kier alpha value is -0.870. The summed E-state index contributed by atoms with van der Waals surface area (Å²) in [5.41, 5.74) is 6.41. The number of imidazole rings is 1. The maximum Gasteiger partial charge on any atom is 0.110 e. The van der Waals surface area contributed by atoms with Crippen molar-refractivity contribution in [3.05, 3.63) is 18.2 Å². The molecule has 0 amide bonds. The number of nitrogens with zero attached hydrogens (tertiary/aromatic N) is 2. The lowest BCUT2D eigenvalue weighted by atomic mass is 9.83. The van der Waals surface area contributed by atoms with Gasteiger partial charge in [0.25, 0.3) is 0 Å². The van der Waals surface area contributed by atoms with Gasteiger partial charge in [-0.05, 0) is 18.8 Å². The fourth-order valence-corrected chi connectivity index (χ4v) is 2.49. The Kier molecular flexibility index (Phi) is 6.01. The zero-order valence-corrected chi connectivity index (χ0v) is 13.0. The highest BCUT2D eigenvalue weighted by molar-refractivity contribution is 4.98. The molecule has 1 heterocycles. The molecule has 4 nitrogen and oxygen atoms in total. The summed E-state index contributed by atoms with van der Waals surface area (Å²) < 4.78 is 8.04. The van der Waals surface area contributed by atoms with Crippen molar-refractivity contribution in [2.24, 2.45) is 11.1 Å². The zero-order valence-electron chi connectivity index (χ0n) is 13.0. The fourth-order valence-electron chi connectivity index (χ4n) is 2.49. The first-order valence-electron chi connectivity index (χ1n) is 7.27. The largest absolute Gasteiger partial charge is 0.376 e. The van der Waals surface area contributed by atoms with E-state index in [1.165, 1.54) is 0 Å². The highest BCUT2D eigenvalue weighted by Gasteiger charge is 2.31. The number of ether oxygens (including phenoxy) is 1. The van der Waals surface area contributed by atoms with E-state index in [0.717, 1.165) is 25.2 Å². The standard InChI is InChI=1S/C15H29N3O/c1-6-9-18-10-8-17-13(18)11-12(16)14(19-7-2)15(3,4)5/h8,10,12,14H,6-7,9,11,16H2,1-5H3. The molecule has 1 aromatic heterocycles. The third-order valence-electron chi connectivity index (χ3n) is 3.27. The molecule has 110 valence electrons. The molecule has 0 aliphatic rings. The predicted molar refractivity (Wildman–Crippen MR) is 79.1 cm³/mol. The van der Waals surface area contributed by atoms with Gasteiger partial charge in [-0.25, -0.2) is 4.98 Å². The molecule has 1 rings (SSSR count). The van der Waals surface area contributed by atoms with E-state index in [2.05, 4.69) is 37.2 Å². The van der Waals surface area contributed by atoms with Crippen molar-refractivity contribution in [1.82, 2.24) is 9.55 Å². The molecule has 0 radical (unpaired) electrons. The monoisotopic (exact) mass is 267 g/mol. The van der Waals surface area contributed by atoms with Crippen molar-refractivity contribution in [3.8, 4) is 0 Å². The van der Waals surface area contributed by atoms with E-state index < -0.39 is 0 Å². The van der Waals surface area contributed by atoms with Crippen LogP contribution in [-0.2, 0) is 17.7 Å². The Bertz CT molecular complexity index is 368. The van der Waals surface area contributed by atoms with Crippen molar-refractivity contribution in [2.75, 3.05) is 6.61 Å². The van der Waals surface area contributed by atoms with Gasteiger partial charge in [-0.3, -0.25) is 0 Å². The molecule has 0 saturated heterocycles. The van der Waals surface area contributed by atoms with Gasteiger partial charge in [-0.15, -0.1) is 0 Å². The molecular weight excluding hydrogens is 238 g/mol. The molecule has 0 aromatic carbocycles. The summed E-state index contributed by atoms with van der Waals surface area (Å²) in [6.07, 6.45) is 5.79. The molecule has 4 heteroatoms. The average Bonchev–Trinajstić information content (AvgIpc) is 2.72. The van der Waals surface area contributed by atoms with E-state index in [1.54, 1.807) is 0 Å². The molecule has 2 atom stereocenters. The van der Waals surface area contributed by atoms with Gasteiger partial charge in [0.15, 0.2) is 0 Å². The lowest BCUT2D eigenvalue weighted by Gasteiger charge is -2.34. The molecule has 0 fully saturated rings. The molecule has 1 aromatic rings. The molecule has 2 N–H and O–H groups in total. The summed E-state index contributed by atoms with van der Waals surface area (Å²) in [5, 5.41) is 0. The maximum absolute atomic E-state index is 6.37. The van der Waals surface area contributed by atoms with Crippen LogP contribution >= 0.6 is 0 Å². The molecular formula is C15H29N3O. The Morgan fingerprint density at radius 1 is 1.37 bits per heavy atom. The van der Waals surface area contributed by atoms with Gasteiger partial charge in [0, 0.05) is 38.0 Å². The van der Waals surface area contributed by atoms with Crippen molar-refractivity contribution in [2.45, 2.75) is 66.2 Å². The maximum atomic E-state index is 6.37. The molecule has 0 saturated carbocycles. The van der Waals surface area contributed by atoms with Gasteiger partial charge in [0.2, 0.25) is 0 Å². The first-order valence-corrected chi connectivity index (χ1v) is 7.27. The first kappa shape index (κ1) is 16.2. The van der Waals surface area contributed by atoms with Crippen LogP contribution in [0.2, 0.25) is 0 Å². The molecule has 0 bridgehead atoms. The number of nitrogens with two attached hydrogens (primary N) is 1. The van der Waals surface area contributed by atoms with Crippen molar-refractivity contribution in [3.63, 3.8) is 0 Å². The fraction of sp³-hybridized carbons (Fsp3) is 0.800. The summed E-state index contributed by atoms with van der Waals surface area (Å²) in [6, 6.07) is -0.0297. The number of hydrogen-bond donors (Lipinski definition) is 1. The van der Waals surface area contributed by atoms with E-state index in [9.17, 15) is 0 Å². The minimum absolute atomic E-state index is 0.0297. The minimum Gasteiger partial charge on any atom is -0.376 e. The highest BCUT2D eigenvalue weighted by atomic mass is 16.5. The van der Waals surface area contributed by atoms with Crippen LogP contribution in [0.1, 0.15) is 46.9 Å². The Labute approximate surface area is 117 Å². The van der Waals surface area contributed by atoms with Crippen LogP contribution in [-0.4, -0.2) is 28.3 Å². The molecule has 0 aliphatic carbocycles.